The summed E-state index contributed by atoms with van der Waals surface area (Å²) in [6.07, 6.45) is 3.22. The number of nitrogens with two attached hydrogens (primary N) is 1. The molecule has 116 valence electrons. The largest absolute Gasteiger partial charge is 0.490 e. The summed E-state index contributed by atoms with van der Waals surface area (Å²) < 4.78 is 11.1. The highest BCUT2D eigenvalue weighted by atomic mass is 35.5. The number of amides is 1. The molecule has 21 heavy (non-hydrogen) atoms. The molecule has 1 aliphatic heterocycles. The highest BCUT2D eigenvalue weighted by Gasteiger charge is 2.28. The fourth-order valence-corrected chi connectivity index (χ4v) is 2.31. The van der Waals surface area contributed by atoms with Crippen molar-refractivity contribution < 1.29 is 14.3 Å². The van der Waals surface area contributed by atoms with Gasteiger partial charge in [0, 0.05) is 24.6 Å². The third-order valence-electron chi connectivity index (χ3n) is 3.74. The number of halogens is 1. The number of rotatable bonds is 4. The summed E-state index contributed by atoms with van der Waals surface area (Å²) in [7, 11) is 0. The number of carbonyl (C=O) groups is 1. The van der Waals surface area contributed by atoms with Crippen LogP contribution in [0.3, 0.4) is 0 Å². The summed E-state index contributed by atoms with van der Waals surface area (Å²) >= 11 is 0. The predicted molar refractivity (Wildman–Crippen MR) is 82.3 cm³/mol. The van der Waals surface area contributed by atoms with E-state index in [1.165, 1.54) is 12.8 Å². The monoisotopic (exact) mass is 312 g/mol. The molecule has 0 aromatic heterocycles. The second kappa shape index (κ2) is 7.00. The summed E-state index contributed by atoms with van der Waals surface area (Å²) in [6.45, 7) is 1.79. The highest BCUT2D eigenvalue weighted by molar-refractivity contribution is 5.94. The van der Waals surface area contributed by atoms with Crippen LogP contribution >= 0.6 is 12.4 Å². The Morgan fingerprint density at radius 3 is 2.71 bits per heavy atom. The van der Waals surface area contributed by atoms with Crippen molar-refractivity contribution in [2.75, 3.05) is 19.8 Å². The molecule has 2 aliphatic rings. The van der Waals surface area contributed by atoms with E-state index in [0.29, 0.717) is 42.7 Å². The van der Waals surface area contributed by atoms with Gasteiger partial charge in [-0.25, -0.2) is 0 Å². The lowest BCUT2D eigenvalue weighted by molar-refractivity contribution is 0.0950. The average molecular weight is 313 g/mol. The Bertz CT molecular complexity index is 506. The van der Waals surface area contributed by atoms with Gasteiger partial charge in [-0.2, -0.15) is 0 Å². The normalized spacial score (nSPS) is 18.1. The van der Waals surface area contributed by atoms with Crippen LogP contribution in [0.4, 0.5) is 0 Å². The van der Waals surface area contributed by atoms with E-state index in [9.17, 15) is 4.79 Å². The highest BCUT2D eigenvalue weighted by Crippen LogP contribution is 2.32. The van der Waals surface area contributed by atoms with Gasteiger partial charge in [0.25, 0.3) is 5.91 Å². The number of ether oxygens (including phenoxy) is 2. The number of benzene rings is 1. The molecule has 1 atom stereocenters. The van der Waals surface area contributed by atoms with Gasteiger partial charge in [-0.15, -0.1) is 12.4 Å². The molecule has 0 bridgehead atoms. The molecule has 0 radical (unpaired) electrons. The zero-order chi connectivity index (χ0) is 13.9. The van der Waals surface area contributed by atoms with Crippen LogP contribution in [0.25, 0.3) is 0 Å². The Balaban J connectivity index is 0.00000161. The molecular weight excluding hydrogens is 292 g/mol. The van der Waals surface area contributed by atoms with Crippen LogP contribution in [0.2, 0.25) is 0 Å². The first-order chi connectivity index (χ1) is 9.74. The third-order valence-corrected chi connectivity index (χ3v) is 3.74. The molecule has 1 heterocycles. The molecule has 1 amide bonds. The summed E-state index contributed by atoms with van der Waals surface area (Å²) in [6, 6.07) is 5.35. The third kappa shape index (κ3) is 4.02. The zero-order valence-electron chi connectivity index (χ0n) is 11.8. The molecule has 0 saturated heterocycles. The molecule has 1 fully saturated rings. The minimum Gasteiger partial charge on any atom is -0.490 e. The molecule has 1 unspecified atom stereocenters. The van der Waals surface area contributed by atoms with E-state index in [1.807, 2.05) is 0 Å². The minimum absolute atomic E-state index is 0. The van der Waals surface area contributed by atoms with Crippen LogP contribution in [0.5, 0.6) is 11.5 Å². The second-order valence-electron chi connectivity index (χ2n) is 5.42. The van der Waals surface area contributed by atoms with Crippen molar-refractivity contribution in [1.29, 1.82) is 0 Å². The van der Waals surface area contributed by atoms with E-state index in [1.54, 1.807) is 18.2 Å². The Kier molecular flexibility index (Phi) is 5.31. The van der Waals surface area contributed by atoms with E-state index in [-0.39, 0.29) is 24.4 Å². The van der Waals surface area contributed by atoms with Gasteiger partial charge in [0.05, 0.1) is 13.2 Å². The Labute approximate surface area is 130 Å². The number of fused-ring (bicyclic) bond motifs is 1. The maximum atomic E-state index is 12.1. The fourth-order valence-electron chi connectivity index (χ4n) is 2.31. The van der Waals surface area contributed by atoms with Crippen molar-refractivity contribution in [3.63, 3.8) is 0 Å². The van der Waals surface area contributed by atoms with Gasteiger partial charge in [-0.3, -0.25) is 4.79 Å². The maximum Gasteiger partial charge on any atom is 0.251 e. The smallest absolute Gasteiger partial charge is 0.251 e. The number of nitrogens with one attached hydrogen (secondary N) is 1. The molecule has 5 nitrogen and oxygen atoms in total. The van der Waals surface area contributed by atoms with E-state index in [0.717, 1.165) is 6.42 Å². The molecule has 1 saturated carbocycles. The molecule has 0 spiro atoms. The summed E-state index contributed by atoms with van der Waals surface area (Å²) in [5.74, 6) is 1.81. The molecular formula is C15H21ClN2O3. The lowest BCUT2D eigenvalue weighted by Gasteiger charge is -2.13. The van der Waals surface area contributed by atoms with Gasteiger partial charge < -0.3 is 20.5 Å². The van der Waals surface area contributed by atoms with Crippen molar-refractivity contribution in [3.8, 4) is 11.5 Å². The van der Waals surface area contributed by atoms with Crippen molar-refractivity contribution in [2.24, 2.45) is 11.7 Å². The lowest BCUT2D eigenvalue weighted by atomic mass is 10.1. The van der Waals surface area contributed by atoms with Gasteiger partial charge in [-0.05, 0) is 37.0 Å². The van der Waals surface area contributed by atoms with E-state index in [2.05, 4.69) is 5.32 Å². The molecule has 1 aromatic rings. The molecule has 3 rings (SSSR count). The van der Waals surface area contributed by atoms with Crippen molar-refractivity contribution >= 4 is 18.3 Å². The summed E-state index contributed by atoms with van der Waals surface area (Å²) in [5.41, 5.74) is 6.56. The van der Waals surface area contributed by atoms with Crippen molar-refractivity contribution in [2.45, 2.75) is 25.3 Å². The van der Waals surface area contributed by atoms with E-state index in [4.69, 9.17) is 15.2 Å². The van der Waals surface area contributed by atoms with Crippen molar-refractivity contribution in [3.05, 3.63) is 23.8 Å². The molecule has 6 heteroatoms. The van der Waals surface area contributed by atoms with Gasteiger partial charge in [0.2, 0.25) is 0 Å². The number of carbonyl (C=O) groups excluding carboxylic acids is 1. The first kappa shape index (κ1) is 15.9. The van der Waals surface area contributed by atoms with Crippen LogP contribution in [0.15, 0.2) is 18.2 Å². The van der Waals surface area contributed by atoms with Gasteiger partial charge in [-0.1, -0.05) is 0 Å². The first-order valence-electron chi connectivity index (χ1n) is 7.17. The van der Waals surface area contributed by atoms with E-state index < -0.39 is 0 Å². The van der Waals surface area contributed by atoms with Gasteiger partial charge in [0.1, 0.15) is 0 Å². The average Bonchev–Trinajstić information content (AvgIpc) is 3.29. The topological polar surface area (TPSA) is 73.6 Å². The van der Waals surface area contributed by atoms with E-state index >= 15 is 0 Å². The SMILES string of the molecule is Cl.NC(CNC(=O)c1ccc2c(c1)OCCCO2)C1CC1. The van der Waals surface area contributed by atoms with Gasteiger partial charge in [0.15, 0.2) is 11.5 Å². The molecule has 1 aliphatic carbocycles. The lowest BCUT2D eigenvalue weighted by Crippen LogP contribution is -2.38. The van der Waals surface area contributed by atoms with Crippen LogP contribution < -0.4 is 20.5 Å². The standard InChI is InChI=1S/C15H20N2O3.ClH/c16-12(10-2-3-10)9-17-15(18)11-4-5-13-14(8-11)20-7-1-6-19-13;/h4-5,8,10,12H,1-3,6-7,9,16H2,(H,17,18);1H. The Morgan fingerprint density at radius 2 is 2.00 bits per heavy atom. The Morgan fingerprint density at radius 1 is 1.29 bits per heavy atom. The molecule has 1 aromatic carbocycles. The van der Waals surface area contributed by atoms with Gasteiger partial charge >= 0.3 is 0 Å². The van der Waals surface area contributed by atoms with Crippen LogP contribution in [-0.4, -0.2) is 31.7 Å². The first-order valence-corrected chi connectivity index (χ1v) is 7.17. The second-order valence-corrected chi connectivity index (χ2v) is 5.42. The van der Waals surface area contributed by atoms with Crippen LogP contribution in [-0.2, 0) is 0 Å². The van der Waals surface area contributed by atoms with Crippen LogP contribution in [0, 0.1) is 5.92 Å². The quantitative estimate of drug-likeness (QED) is 0.888. The minimum atomic E-state index is -0.114. The van der Waals surface area contributed by atoms with Crippen LogP contribution in [0.1, 0.15) is 29.6 Å². The Hall–Kier alpha value is -1.46. The molecule has 3 N–H and O–H groups in total. The number of hydrogen-bond donors (Lipinski definition) is 2. The predicted octanol–water partition coefficient (Wildman–Crippen LogP) is 1.74. The number of hydrogen-bond acceptors (Lipinski definition) is 4. The maximum absolute atomic E-state index is 12.1. The summed E-state index contributed by atoms with van der Waals surface area (Å²) in [4.78, 5) is 12.1. The fraction of sp³-hybridized carbons (Fsp3) is 0.533. The zero-order valence-corrected chi connectivity index (χ0v) is 12.7. The summed E-state index contributed by atoms with van der Waals surface area (Å²) in [5, 5.41) is 2.88. The van der Waals surface area contributed by atoms with Crippen molar-refractivity contribution in [1.82, 2.24) is 5.32 Å².